The molecule has 0 bridgehead atoms. The Bertz CT molecular complexity index is 831. The number of hydrogen-bond donors (Lipinski definition) is 1. The molecule has 0 aromatic heterocycles. The number of hydrazine groups is 1. The van der Waals surface area contributed by atoms with Crippen molar-refractivity contribution in [2.24, 2.45) is 0 Å². The molecule has 0 aliphatic carbocycles. The lowest BCUT2D eigenvalue weighted by atomic mass is 9.93. The molecule has 1 heterocycles. The van der Waals surface area contributed by atoms with E-state index in [4.69, 9.17) is 0 Å². The van der Waals surface area contributed by atoms with E-state index in [0.717, 1.165) is 22.5 Å². The van der Waals surface area contributed by atoms with E-state index in [9.17, 15) is 4.79 Å². The third kappa shape index (κ3) is 2.36. The largest absolute Gasteiger partial charge is 0.291 e. The van der Waals surface area contributed by atoms with E-state index in [1.54, 1.807) is 5.01 Å². The van der Waals surface area contributed by atoms with Crippen molar-refractivity contribution in [1.82, 2.24) is 0 Å². The Labute approximate surface area is 135 Å². The number of hydrogen-bond acceptors (Lipinski definition) is 2. The van der Waals surface area contributed by atoms with Crippen molar-refractivity contribution in [2.75, 3.05) is 10.4 Å². The van der Waals surface area contributed by atoms with Gasteiger partial charge in [0, 0.05) is 0 Å². The average molecular weight is 300 g/mol. The number of anilines is 2. The van der Waals surface area contributed by atoms with Crippen LogP contribution in [0.25, 0.3) is 0 Å². The van der Waals surface area contributed by atoms with Gasteiger partial charge in [0.05, 0.1) is 17.3 Å². The highest BCUT2D eigenvalue weighted by molar-refractivity contribution is 6.08. The van der Waals surface area contributed by atoms with Crippen LogP contribution in [-0.2, 0) is 4.79 Å². The lowest BCUT2D eigenvalue weighted by Gasteiger charge is -2.20. The summed E-state index contributed by atoms with van der Waals surface area (Å²) < 4.78 is 0. The molecule has 3 heteroatoms. The Morgan fingerprint density at radius 2 is 1.35 bits per heavy atom. The van der Waals surface area contributed by atoms with Gasteiger partial charge in [0.1, 0.15) is 0 Å². The molecule has 4 rings (SSSR count). The minimum atomic E-state index is -0.261. The lowest BCUT2D eigenvalue weighted by Crippen LogP contribution is -2.34. The Morgan fingerprint density at radius 3 is 2.09 bits per heavy atom. The summed E-state index contributed by atoms with van der Waals surface area (Å²) in [7, 11) is 0. The van der Waals surface area contributed by atoms with Gasteiger partial charge < -0.3 is 0 Å². The molecule has 0 fully saturated rings. The molecule has 1 atom stereocenters. The smallest absolute Gasteiger partial charge is 0.257 e. The summed E-state index contributed by atoms with van der Waals surface area (Å²) in [5.74, 6) is -0.218. The van der Waals surface area contributed by atoms with Crippen LogP contribution in [0.5, 0.6) is 0 Å². The molecule has 3 aromatic carbocycles. The zero-order valence-corrected chi connectivity index (χ0v) is 12.5. The number of carbonyl (C=O) groups is 1. The molecule has 1 aliphatic heterocycles. The minimum Gasteiger partial charge on any atom is -0.291 e. The third-order valence-electron chi connectivity index (χ3n) is 4.10. The van der Waals surface area contributed by atoms with Crippen LogP contribution in [0, 0.1) is 0 Å². The molecule has 1 N–H and O–H groups in total. The normalized spacial score (nSPS) is 16.3. The summed E-state index contributed by atoms with van der Waals surface area (Å²) >= 11 is 0. The Balaban J connectivity index is 1.76. The van der Waals surface area contributed by atoms with Crippen LogP contribution < -0.4 is 10.4 Å². The van der Waals surface area contributed by atoms with E-state index >= 15 is 0 Å². The van der Waals surface area contributed by atoms with Crippen molar-refractivity contribution >= 4 is 17.3 Å². The molecular weight excluding hydrogens is 284 g/mol. The molecule has 23 heavy (non-hydrogen) atoms. The fourth-order valence-electron chi connectivity index (χ4n) is 3.04. The summed E-state index contributed by atoms with van der Waals surface area (Å²) in [5, 5.41) is 1.66. The average Bonchev–Trinajstić information content (AvgIpc) is 2.89. The van der Waals surface area contributed by atoms with E-state index in [-0.39, 0.29) is 11.8 Å². The van der Waals surface area contributed by atoms with E-state index in [1.807, 2.05) is 84.9 Å². The molecule has 1 aliphatic rings. The maximum atomic E-state index is 13.0. The van der Waals surface area contributed by atoms with Crippen LogP contribution in [0.2, 0.25) is 0 Å². The first kappa shape index (κ1) is 13.6. The predicted molar refractivity (Wildman–Crippen MR) is 92.3 cm³/mol. The van der Waals surface area contributed by atoms with Gasteiger partial charge in [-0.05, 0) is 29.3 Å². The summed E-state index contributed by atoms with van der Waals surface area (Å²) in [5.41, 5.74) is 7.09. The van der Waals surface area contributed by atoms with Gasteiger partial charge in [-0.2, -0.15) is 0 Å². The van der Waals surface area contributed by atoms with E-state index in [1.165, 1.54) is 0 Å². The van der Waals surface area contributed by atoms with Gasteiger partial charge in [-0.15, -0.1) is 0 Å². The van der Waals surface area contributed by atoms with Crippen molar-refractivity contribution in [2.45, 2.75) is 5.92 Å². The standard InChI is InChI=1S/C20H16N2O/c23-20-19(15-9-3-1-4-10-15)17-13-7-8-14-18(17)22(20)21-16-11-5-2-6-12-16/h1-14,19,21H/t19-/m0/s1. The van der Waals surface area contributed by atoms with Gasteiger partial charge in [0.2, 0.25) is 0 Å². The monoisotopic (exact) mass is 300 g/mol. The van der Waals surface area contributed by atoms with Crippen LogP contribution in [0.15, 0.2) is 84.9 Å². The highest BCUT2D eigenvalue weighted by Crippen LogP contribution is 2.40. The first-order chi connectivity index (χ1) is 11.3. The molecule has 0 saturated carbocycles. The van der Waals surface area contributed by atoms with Crippen molar-refractivity contribution in [1.29, 1.82) is 0 Å². The lowest BCUT2D eigenvalue weighted by molar-refractivity contribution is -0.118. The zero-order chi connectivity index (χ0) is 15.6. The highest BCUT2D eigenvalue weighted by atomic mass is 16.2. The third-order valence-corrected chi connectivity index (χ3v) is 4.10. The molecule has 3 aromatic rings. The summed E-state index contributed by atoms with van der Waals surface area (Å²) in [6.45, 7) is 0. The minimum absolute atomic E-state index is 0.0428. The number of benzene rings is 3. The number of para-hydroxylation sites is 2. The summed E-state index contributed by atoms with van der Waals surface area (Å²) in [4.78, 5) is 13.0. The number of nitrogens with zero attached hydrogens (tertiary/aromatic N) is 1. The van der Waals surface area contributed by atoms with Crippen molar-refractivity contribution in [3.63, 3.8) is 0 Å². The first-order valence-corrected chi connectivity index (χ1v) is 7.64. The number of nitrogens with one attached hydrogen (secondary N) is 1. The van der Waals surface area contributed by atoms with Crippen molar-refractivity contribution in [3.05, 3.63) is 96.1 Å². The molecule has 0 radical (unpaired) electrons. The molecular formula is C20H16N2O. The zero-order valence-electron chi connectivity index (χ0n) is 12.5. The van der Waals surface area contributed by atoms with E-state index in [2.05, 4.69) is 5.43 Å². The number of fused-ring (bicyclic) bond motifs is 1. The van der Waals surface area contributed by atoms with Gasteiger partial charge in [-0.25, -0.2) is 5.01 Å². The van der Waals surface area contributed by atoms with Gasteiger partial charge in [0.15, 0.2) is 0 Å². The Kier molecular flexibility index (Phi) is 3.31. The van der Waals surface area contributed by atoms with Gasteiger partial charge in [-0.1, -0.05) is 66.7 Å². The highest BCUT2D eigenvalue weighted by Gasteiger charge is 2.38. The quantitative estimate of drug-likeness (QED) is 0.786. The fraction of sp³-hybridized carbons (Fsp3) is 0.0500. The number of amides is 1. The van der Waals surface area contributed by atoms with Crippen LogP contribution in [0.1, 0.15) is 17.0 Å². The second-order valence-corrected chi connectivity index (χ2v) is 5.55. The molecule has 112 valence electrons. The maximum absolute atomic E-state index is 13.0. The maximum Gasteiger partial charge on any atom is 0.257 e. The van der Waals surface area contributed by atoms with Gasteiger partial charge in [0.25, 0.3) is 5.91 Å². The Hall–Kier alpha value is -3.07. The van der Waals surface area contributed by atoms with Gasteiger partial charge in [-0.3, -0.25) is 10.2 Å². The fourth-order valence-corrected chi connectivity index (χ4v) is 3.04. The SMILES string of the molecule is O=C1[C@@H](c2ccccc2)c2ccccc2N1Nc1ccccc1. The summed E-state index contributed by atoms with van der Waals surface area (Å²) in [6.07, 6.45) is 0. The number of carbonyl (C=O) groups excluding carboxylic acids is 1. The van der Waals surface area contributed by atoms with E-state index in [0.29, 0.717) is 0 Å². The molecule has 3 nitrogen and oxygen atoms in total. The van der Waals surface area contributed by atoms with Crippen LogP contribution in [0.3, 0.4) is 0 Å². The van der Waals surface area contributed by atoms with Crippen molar-refractivity contribution in [3.8, 4) is 0 Å². The predicted octanol–water partition coefficient (Wildman–Crippen LogP) is 4.19. The molecule has 0 unspecified atom stereocenters. The molecule has 0 saturated heterocycles. The molecule has 0 spiro atoms. The van der Waals surface area contributed by atoms with Crippen LogP contribution >= 0.6 is 0 Å². The number of rotatable bonds is 3. The van der Waals surface area contributed by atoms with Crippen molar-refractivity contribution < 1.29 is 4.79 Å². The summed E-state index contributed by atoms with van der Waals surface area (Å²) in [6, 6.07) is 27.6. The molecule has 1 amide bonds. The Morgan fingerprint density at radius 1 is 0.739 bits per heavy atom. The topological polar surface area (TPSA) is 32.3 Å². The van der Waals surface area contributed by atoms with Crippen LogP contribution in [0.4, 0.5) is 11.4 Å². The van der Waals surface area contributed by atoms with Crippen LogP contribution in [-0.4, -0.2) is 5.91 Å². The van der Waals surface area contributed by atoms with E-state index < -0.39 is 0 Å². The first-order valence-electron chi connectivity index (χ1n) is 7.64. The van der Waals surface area contributed by atoms with Gasteiger partial charge >= 0.3 is 0 Å². The second kappa shape index (κ2) is 5.61. The second-order valence-electron chi connectivity index (χ2n) is 5.55.